The molecule has 0 saturated heterocycles. The number of benzene rings is 2. The van der Waals surface area contributed by atoms with Crippen LogP contribution < -0.4 is 10.0 Å². The van der Waals surface area contributed by atoms with E-state index in [4.69, 9.17) is 0 Å². The second-order valence-electron chi connectivity index (χ2n) is 4.13. The van der Waals surface area contributed by atoms with Crippen LogP contribution in [0, 0.1) is 10.1 Å². The summed E-state index contributed by atoms with van der Waals surface area (Å²) >= 11 is 0. The Hall–Kier alpha value is -2.45. The van der Waals surface area contributed by atoms with Crippen LogP contribution >= 0.6 is 0 Å². The molecule has 2 aromatic carbocycles. The molecule has 7 nitrogen and oxygen atoms in total. The highest BCUT2D eigenvalue weighted by Gasteiger charge is 2.20. The number of para-hydroxylation sites is 1. The predicted octanol–water partition coefficient (Wildman–Crippen LogP) is 2.25. The summed E-state index contributed by atoms with van der Waals surface area (Å²) in [5, 5.41) is 14.0. The van der Waals surface area contributed by atoms with E-state index in [1.165, 1.54) is 19.2 Å². The molecular weight excluding hydrogens is 294 g/mol. The minimum absolute atomic E-state index is 0.157. The molecule has 2 rings (SSSR count). The van der Waals surface area contributed by atoms with Gasteiger partial charge in [-0.2, -0.15) is 0 Å². The molecule has 0 aliphatic carbocycles. The fourth-order valence-electron chi connectivity index (χ4n) is 1.73. The lowest BCUT2D eigenvalue weighted by atomic mass is 10.2. The van der Waals surface area contributed by atoms with Gasteiger partial charge < -0.3 is 5.32 Å². The topological polar surface area (TPSA) is 101 Å². The number of sulfonamides is 1. The summed E-state index contributed by atoms with van der Waals surface area (Å²) in [6.45, 7) is 0. The monoisotopic (exact) mass is 307 g/mol. The van der Waals surface area contributed by atoms with Gasteiger partial charge in [0.1, 0.15) is 5.69 Å². The van der Waals surface area contributed by atoms with Gasteiger partial charge in [-0.1, -0.05) is 18.2 Å². The molecule has 0 radical (unpaired) electrons. The highest BCUT2D eigenvalue weighted by atomic mass is 32.2. The van der Waals surface area contributed by atoms with Crippen molar-refractivity contribution in [3.63, 3.8) is 0 Å². The van der Waals surface area contributed by atoms with Gasteiger partial charge in [-0.25, -0.2) is 13.1 Å². The van der Waals surface area contributed by atoms with Crippen LogP contribution in [0.25, 0.3) is 0 Å². The van der Waals surface area contributed by atoms with Crippen LogP contribution in [0.5, 0.6) is 0 Å². The predicted molar refractivity (Wildman–Crippen MR) is 79.1 cm³/mol. The minimum atomic E-state index is -3.73. The summed E-state index contributed by atoms with van der Waals surface area (Å²) in [6.07, 6.45) is 0. The van der Waals surface area contributed by atoms with Crippen molar-refractivity contribution < 1.29 is 13.3 Å². The summed E-state index contributed by atoms with van der Waals surface area (Å²) in [7, 11) is -2.48. The quantitative estimate of drug-likeness (QED) is 0.651. The number of anilines is 2. The third kappa shape index (κ3) is 3.36. The van der Waals surface area contributed by atoms with Crippen molar-refractivity contribution in [1.82, 2.24) is 4.72 Å². The van der Waals surface area contributed by atoms with E-state index in [1.807, 2.05) is 6.07 Å². The Kier molecular flexibility index (Phi) is 4.20. The van der Waals surface area contributed by atoms with Crippen LogP contribution in [0.3, 0.4) is 0 Å². The lowest BCUT2D eigenvalue weighted by Gasteiger charge is -2.08. The Morgan fingerprint density at radius 2 is 1.76 bits per heavy atom. The molecule has 0 amide bonds. The Bertz CT molecular complexity index is 760. The third-order valence-electron chi connectivity index (χ3n) is 2.80. The Balaban J connectivity index is 2.46. The van der Waals surface area contributed by atoms with E-state index in [-0.39, 0.29) is 16.3 Å². The highest BCUT2D eigenvalue weighted by molar-refractivity contribution is 7.89. The van der Waals surface area contributed by atoms with Gasteiger partial charge in [-0.3, -0.25) is 10.1 Å². The number of nitro groups is 1. The van der Waals surface area contributed by atoms with E-state index >= 15 is 0 Å². The maximum Gasteiger partial charge on any atom is 0.294 e. The maximum absolute atomic E-state index is 11.7. The molecule has 0 aromatic heterocycles. The molecule has 0 unspecified atom stereocenters. The summed E-state index contributed by atoms with van der Waals surface area (Å²) in [5.74, 6) is 0. The fraction of sp³-hybridized carbons (Fsp3) is 0.0769. The first-order valence-electron chi connectivity index (χ1n) is 5.98. The first-order valence-corrected chi connectivity index (χ1v) is 7.46. The van der Waals surface area contributed by atoms with Crippen LogP contribution in [-0.2, 0) is 10.0 Å². The SMILES string of the molecule is CNS(=O)(=O)c1ccc(Nc2ccccc2)c([N+](=O)[O-])c1. The summed E-state index contributed by atoms with van der Waals surface area (Å²) in [6, 6.07) is 12.6. The Labute approximate surface area is 121 Å². The number of hydrogen-bond acceptors (Lipinski definition) is 5. The van der Waals surface area contributed by atoms with Crippen molar-refractivity contribution in [3.8, 4) is 0 Å². The zero-order chi connectivity index (χ0) is 15.5. The molecule has 21 heavy (non-hydrogen) atoms. The minimum Gasteiger partial charge on any atom is -0.350 e. The summed E-state index contributed by atoms with van der Waals surface area (Å²) < 4.78 is 25.5. The second-order valence-corrected chi connectivity index (χ2v) is 6.02. The second kappa shape index (κ2) is 5.90. The van der Waals surface area contributed by atoms with E-state index in [9.17, 15) is 18.5 Å². The largest absolute Gasteiger partial charge is 0.350 e. The molecule has 0 atom stereocenters. The normalized spacial score (nSPS) is 11.1. The zero-order valence-electron chi connectivity index (χ0n) is 11.1. The summed E-state index contributed by atoms with van der Waals surface area (Å²) in [4.78, 5) is 10.3. The van der Waals surface area contributed by atoms with E-state index in [0.29, 0.717) is 5.69 Å². The maximum atomic E-state index is 11.7. The molecule has 110 valence electrons. The molecule has 0 saturated carbocycles. The van der Waals surface area contributed by atoms with Gasteiger partial charge in [0.05, 0.1) is 9.82 Å². The molecule has 0 bridgehead atoms. The van der Waals surface area contributed by atoms with Crippen molar-refractivity contribution >= 4 is 27.1 Å². The Morgan fingerprint density at radius 1 is 1.10 bits per heavy atom. The molecular formula is C13H13N3O4S. The molecule has 8 heteroatoms. The standard InChI is InChI=1S/C13H13N3O4S/c1-14-21(19,20)11-7-8-12(13(9-11)16(17)18)15-10-5-3-2-4-6-10/h2-9,14-15H,1H3. The number of nitrogens with zero attached hydrogens (tertiary/aromatic N) is 1. The van der Waals surface area contributed by atoms with Gasteiger partial charge in [0.25, 0.3) is 5.69 Å². The molecule has 0 heterocycles. The Morgan fingerprint density at radius 3 is 2.33 bits per heavy atom. The van der Waals surface area contributed by atoms with E-state index in [1.54, 1.807) is 24.3 Å². The van der Waals surface area contributed by atoms with Gasteiger partial charge in [0.15, 0.2) is 0 Å². The highest BCUT2D eigenvalue weighted by Crippen LogP contribution is 2.29. The van der Waals surface area contributed by atoms with Crippen molar-refractivity contribution in [2.45, 2.75) is 4.90 Å². The van der Waals surface area contributed by atoms with E-state index in [0.717, 1.165) is 6.07 Å². The lowest BCUT2D eigenvalue weighted by Crippen LogP contribution is -2.18. The number of nitrogens with one attached hydrogen (secondary N) is 2. The number of rotatable bonds is 5. The van der Waals surface area contributed by atoms with E-state index in [2.05, 4.69) is 10.0 Å². The van der Waals surface area contributed by atoms with Gasteiger partial charge in [0, 0.05) is 11.8 Å². The zero-order valence-corrected chi connectivity index (χ0v) is 11.9. The number of hydrogen-bond donors (Lipinski definition) is 2. The average molecular weight is 307 g/mol. The number of nitro benzene ring substituents is 1. The van der Waals surface area contributed by atoms with Crippen molar-refractivity contribution in [1.29, 1.82) is 0 Å². The fourth-order valence-corrected chi connectivity index (χ4v) is 2.48. The van der Waals surface area contributed by atoms with Crippen LogP contribution in [0.2, 0.25) is 0 Å². The van der Waals surface area contributed by atoms with Crippen molar-refractivity contribution in [2.24, 2.45) is 0 Å². The lowest BCUT2D eigenvalue weighted by molar-refractivity contribution is -0.384. The van der Waals surface area contributed by atoms with Crippen LogP contribution in [0.4, 0.5) is 17.1 Å². The first kappa shape index (κ1) is 14.9. The van der Waals surface area contributed by atoms with Gasteiger partial charge in [-0.05, 0) is 31.3 Å². The van der Waals surface area contributed by atoms with Crippen molar-refractivity contribution in [2.75, 3.05) is 12.4 Å². The first-order chi connectivity index (χ1) is 9.94. The van der Waals surface area contributed by atoms with Gasteiger partial charge >= 0.3 is 0 Å². The summed E-state index contributed by atoms with van der Waals surface area (Å²) in [5.41, 5.74) is 0.584. The molecule has 2 N–H and O–H groups in total. The van der Waals surface area contributed by atoms with Gasteiger partial charge in [-0.15, -0.1) is 0 Å². The molecule has 0 spiro atoms. The van der Waals surface area contributed by atoms with Crippen LogP contribution in [0.15, 0.2) is 53.4 Å². The average Bonchev–Trinajstić information content (AvgIpc) is 2.48. The smallest absolute Gasteiger partial charge is 0.294 e. The van der Waals surface area contributed by atoms with Crippen LogP contribution in [0.1, 0.15) is 0 Å². The van der Waals surface area contributed by atoms with Gasteiger partial charge in [0.2, 0.25) is 10.0 Å². The molecule has 0 aliphatic heterocycles. The molecule has 0 aliphatic rings. The van der Waals surface area contributed by atoms with Crippen LogP contribution in [-0.4, -0.2) is 20.4 Å². The molecule has 2 aromatic rings. The van der Waals surface area contributed by atoms with E-state index < -0.39 is 14.9 Å². The molecule has 0 fully saturated rings. The van der Waals surface area contributed by atoms with Crippen molar-refractivity contribution in [3.05, 3.63) is 58.6 Å². The third-order valence-corrected chi connectivity index (χ3v) is 4.21.